The molecule has 0 aromatic heterocycles. The van der Waals surface area contributed by atoms with E-state index in [2.05, 4.69) is 17.3 Å². The van der Waals surface area contributed by atoms with Crippen molar-refractivity contribution in [2.45, 2.75) is 31.7 Å². The highest BCUT2D eigenvalue weighted by molar-refractivity contribution is 4.90. The van der Waals surface area contributed by atoms with Crippen LogP contribution in [-0.4, -0.2) is 51.3 Å². The number of hydrogen-bond donors (Lipinski definition) is 1. The number of nitrogens with zero attached hydrogens (tertiary/aromatic N) is 1. The Bertz CT molecular complexity index is 204. The SMILES string of the molecule is CNCC1CCCN(C(COC)C2CC2)C1. The number of methoxy groups -OCH3 is 1. The van der Waals surface area contributed by atoms with Crippen LogP contribution in [0.15, 0.2) is 0 Å². The average Bonchev–Trinajstić information content (AvgIpc) is 3.11. The Labute approximate surface area is 99.5 Å². The fraction of sp³-hybridized carbons (Fsp3) is 1.00. The Hall–Kier alpha value is -0.120. The molecule has 0 spiro atoms. The lowest BCUT2D eigenvalue weighted by Gasteiger charge is -2.38. The minimum absolute atomic E-state index is 0.699. The van der Waals surface area contributed by atoms with Crippen LogP contribution in [0.25, 0.3) is 0 Å². The second-order valence-electron chi connectivity index (χ2n) is 5.42. The largest absolute Gasteiger partial charge is 0.383 e. The van der Waals surface area contributed by atoms with Crippen LogP contribution in [0.3, 0.4) is 0 Å². The molecule has 2 atom stereocenters. The zero-order valence-electron chi connectivity index (χ0n) is 10.7. The standard InChI is InChI=1S/C13H26N2O/c1-14-8-11-4-3-7-15(9-11)13(10-16-2)12-5-6-12/h11-14H,3-10H2,1-2H3. The first-order valence-corrected chi connectivity index (χ1v) is 6.72. The molecule has 1 aliphatic carbocycles. The van der Waals surface area contributed by atoms with Crippen LogP contribution in [0.4, 0.5) is 0 Å². The second-order valence-corrected chi connectivity index (χ2v) is 5.42. The molecular weight excluding hydrogens is 200 g/mol. The summed E-state index contributed by atoms with van der Waals surface area (Å²) in [6.45, 7) is 4.65. The Balaban J connectivity index is 1.85. The van der Waals surface area contributed by atoms with Gasteiger partial charge in [0.1, 0.15) is 0 Å². The third-order valence-electron chi connectivity index (χ3n) is 4.02. The highest BCUT2D eigenvalue weighted by Crippen LogP contribution is 2.36. The minimum Gasteiger partial charge on any atom is -0.383 e. The van der Waals surface area contributed by atoms with Crippen LogP contribution in [-0.2, 0) is 4.74 Å². The Morgan fingerprint density at radius 1 is 1.38 bits per heavy atom. The van der Waals surface area contributed by atoms with Gasteiger partial charge in [-0.25, -0.2) is 0 Å². The summed E-state index contributed by atoms with van der Waals surface area (Å²) in [4.78, 5) is 2.69. The van der Waals surface area contributed by atoms with Gasteiger partial charge < -0.3 is 10.1 Å². The molecule has 2 rings (SSSR count). The van der Waals surface area contributed by atoms with E-state index in [4.69, 9.17) is 4.74 Å². The summed E-state index contributed by atoms with van der Waals surface area (Å²) in [5.74, 6) is 1.77. The van der Waals surface area contributed by atoms with Crippen molar-refractivity contribution in [3.05, 3.63) is 0 Å². The van der Waals surface area contributed by atoms with Gasteiger partial charge in [-0.2, -0.15) is 0 Å². The molecule has 2 unspecified atom stereocenters. The van der Waals surface area contributed by atoms with Crippen molar-refractivity contribution in [1.82, 2.24) is 10.2 Å². The molecule has 3 nitrogen and oxygen atoms in total. The van der Waals surface area contributed by atoms with Crippen molar-refractivity contribution >= 4 is 0 Å². The Morgan fingerprint density at radius 3 is 2.81 bits per heavy atom. The number of nitrogens with one attached hydrogen (secondary N) is 1. The predicted molar refractivity (Wildman–Crippen MR) is 66.6 cm³/mol. The quantitative estimate of drug-likeness (QED) is 0.740. The monoisotopic (exact) mass is 226 g/mol. The molecule has 1 aliphatic heterocycles. The lowest BCUT2D eigenvalue weighted by Crippen LogP contribution is -2.47. The van der Waals surface area contributed by atoms with E-state index in [1.54, 1.807) is 0 Å². The first-order chi connectivity index (χ1) is 7.85. The molecular formula is C13H26N2O. The van der Waals surface area contributed by atoms with Gasteiger partial charge in [0.15, 0.2) is 0 Å². The van der Waals surface area contributed by atoms with E-state index >= 15 is 0 Å². The molecule has 2 aliphatic rings. The summed E-state index contributed by atoms with van der Waals surface area (Å²) >= 11 is 0. The van der Waals surface area contributed by atoms with E-state index in [1.807, 2.05) is 7.11 Å². The van der Waals surface area contributed by atoms with E-state index in [-0.39, 0.29) is 0 Å². The molecule has 1 saturated carbocycles. The van der Waals surface area contributed by atoms with E-state index in [9.17, 15) is 0 Å². The van der Waals surface area contributed by atoms with Gasteiger partial charge in [-0.15, -0.1) is 0 Å². The molecule has 0 amide bonds. The van der Waals surface area contributed by atoms with E-state index in [0.717, 1.165) is 18.4 Å². The number of ether oxygens (including phenoxy) is 1. The third kappa shape index (κ3) is 3.19. The maximum absolute atomic E-state index is 5.40. The summed E-state index contributed by atoms with van der Waals surface area (Å²) in [5, 5.41) is 3.32. The smallest absolute Gasteiger partial charge is 0.0620 e. The fourth-order valence-corrected chi connectivity index (χ4v) is 3.05. The van der Waals surface area contributed by atoms with Crippen LogP contribution in [0.1, 0.15) is 25.7 Å². The summed E-state index contributed by atoms with van der Waals surface area (Å²) in [6, 6.07) is 0.699. The molecule has 94 valence electrons. The zero-order chi connectivity index (χ0) is 11.4. The maximum atomic E-state index is 5.40. The van der Waals surface area contributed by atoms with Crippen LogP contribution in [0.5, 0.6) is 0 Å². The molecule has 1 N–H and O–H groups in total. The van der Waals surface area contributed by atoms with Crippen LogP contribution < -0.4 is 5.32 Å². The minimum atomic E-state index is 0.699. The number of rotatable bonds is 6. The van der Waals surface area contributed by atoms with E-state index < -0.39 is 0 Å². The molecule has 0 bridgehead atoms. The number of likely N-dealkylation sites (tertiary alicyclic amines) is 1. The van der Waals surface area contributed by atoms with Crippen molar-refractivity contribution in [3.8, 4) is 0 Å². The van der Waals surface area contributed by atoms with Gasteiger partial charge in [-0.1, -0.05) is 0 Å². The van der Waals surface area contributed by atoms with Gasteiger partial charge in [0.25, 0.3) is 0 Å². The van der Waals surface area contributed by atoms with Crippen LogP contribution in [0, 0.1) is 11.8 Å². The predicted octanol–water partition coefficient (Wildman–Crippen LogP) is 1.34. The van der Waals surface area contributed by atoms with Crippen molar-refractivity contribution in [3.63, 3.8) is 0 Å². The molecule has 1 saturated heterocycles. The zero-order valence-corrected chi connectivity index (χ0v) is 10.7. The Morgan fingerprint density at radius 2 is 2.19 bits per heavy atom. The van der Waals surface area contributed by atoms with Crippen LogP contribution in [0.2, 0.25) is 0 Å². The van der Waals surface area contributed by atoms with Gasteiger partial charge >= 0.3 is 0 Å². The first-order valence-electron chi connectivity index (χ1n) is 6.72. The highest BCUT2D eigenvalue weighted by Gasteiger charge is 2.36. The van der Waals surface area contributed by atoms with Crippen LogP contribution >= 0.6 is 0 Å². The average molecular weight is 226 g/mol. The van der Waals surface area contributed by atoms with Crippen molar-refractivity contribution in [1.29, 1.82) is 0 Å². The van der Waals surface area contributed by atoms with Crippen molar-refractivity contribution in [2.24, 2.45) is 11.8 Å². The normalized spacial score (nSPS) is 29.2. The molecule has 1 heterocycles. The van der Waals surface area contributed by atoms with Gasteiger partial charge in [-0.05, 0) is 57.7 Å². The van der Waals surface area contributed by atoms with Gasteiger partial charge in [-0.3, -0.25) is 4.90 Å². The first kappa shape index (κ1) is 12.3. The van der Waals surface area contributed by atoms with Crippen molar-refractivity contribution < 1.29 is 4.74 Å². The number of piperidine rings is 1. The van der Waals surface area contributed by atoms with Gasteiger partial charge in [0.05, 0.1) is 6.61 Å². The molecule has 0 aromatic rings. The number of hydrogen-bond acceptors (Lipinski definition) is 3. The van der Waals surface area contributed by atoms with E-state index in [1.165, 1.54) is 45.3 Å². The summed E-state index contributed by atoms with van der Waals surface area (Å²) in [5.41, 5.74) is 0. The Kier molecular flexibility index (Phi) is 4.62. The summed E-state index contributed by atoms with van der Waals surface area (Å²) in [7, 11) is 3.90. The lowest BCUT2D eigenvalue weighted by atomic mass is 9.96. The maximum Gasteiger partial charge on any atom is 0.0620 e. The van der Waals surface area contributed by atoms with Gasteiger partial charge in [0, 0.05) is 19.7 Å². The molecule has 3 heteroatoms. The summed E-state index contributed by atoms with van der Waals surface area (Å²) < 4.78 is 5.40. The summed E-state index contributed by atoms with van der Waals surface area (Å²) in [6.07, 6.45) is 5.59. The van der Waals surface area contributed by atoms with E-state index in [0.29, 0.717) is 6.04 Å². The fourth-order valence-electron chi connectivity index (χ4n) is 3.05. The molecule has 16 heavy (non-hydrogen) atoms. The topological polar surface area (TPSA) is 24.5 Å². The second kappa shape index (κ2) is 5.99. The molecule has 2 fully saturated rings. The third-order valence-corrected chi connectivity index (χ3v) is 4.02. The highest BCUT2D eigenvalue weighted by atomic mass is 16.5. The molecule has 0 aromatic carbocycles. The molecule has 0 radical (unpaired) electrons. The van der Waals surface area contributed by atoms with Gasteiger partial charge in [0.2, 0.25) is 0 Å². The lowest BCUT2D eigenvalue weighted by molar-refractivity contribution is 0.0487. The van der Waals surface area contributed by atoms with Crippen molar-refractivity contribution in [2.75, 3.05) is 40.4 Å².